The Bertz CT molecular complexity index is 419. The van der Waals surface area contributed by atoms with E-state index in [9.17, 15) is 0 Å². The van der Waals surface area contributed by atoms with Crippen LogP contribution in [0.15, 0.2) is 12.4 Å². The summed E-state index contributed by atoms with van der Waals surface area (Å²) in [5, 5.41) is 0. The van der Waals surface area contributed by atoms with Crippen molar-refractivity contribution in [2.24, 2.45) is 0 Å². The zero-order valence-corrected chi connectivity index (χ0v) is 11.9. The van der Waals surface area contributed by atoms with Gasteiger partial charge in [0.1, 0.15) is 0 Å². The van der Waals surface area contributed by atoms with Gasteiger partial charge in [0.2, 0.25) is 0 Å². The normalized spacial score (nSPS) is 21.3. The number of hydrogen-bond acceptors (Lipinski definition) is 4. The average Bonchev–Trinajstić information content (AvgIpc) is 2.49. The minimum atomic E-state index is -0.417. The fourth-order valence-electron chi connectivity index (χ4n) is 1.88. The van der Waals surface area contributed by atoms with E-state index in [4.69, 9.17) is 9.31 Å². The first kappa shape index (κ1) is 13.5. The van der Waals surface area contributed by atoms with Crippen molar-refractivity contribution in [1.29, 1.82) is 0 Å². The van der Waals surface area contributed by atoms with Crippen LogP contribution >= 0.6 is 0 Å². The Labute approximate surface area is 109 Å². The Morgan fingerprint density at radius 1 is 1.11 bits per heavy atom. The maximum absolute atomic E-state index is 5.96. The number of aromatic nitrogens is 2. The van der Waals surface area contributed by atoms with Crippen LogP contribution in [0.1, 0.15) is 46.7 Å². The van der Waals surface area contributed by atoms with Crippen LogP contribution in [0, 0.1) is 0 Å². The van der Waals surface area contributed by atoms with E-state index in [-0.39, 0.29) is 11.2 Å². The molecule has 1 aliphatic rings. The molecule has 18 heavy (non-hydrogen) atoms. The molecule has 0 unspecified atom stereocenters. The molecule has 0 atom stereocenters. The molecule has 1 aromatic rings. The van der Waals surface area contributed by atoms with Crippen molar-refractivity contribution in [3.05, 3.63) is 18.1 Å². The van der Waals surface area contributed by atoms with Gasteiger partial charge in [0, 0.05) is 12.4 Å². The lowest BCUT2D eigenvalue weighted by molar-refractivity contribution is 0.00578. The van der Waals surface area contributed by atoms with Crippen molar-refractivity contribution in [2.45, 2.75) is 58.7 Å². The van der Waals surface area contributed by atoms with Gasteiger partial charge in [-0.25, -0.2) is 0 Å². The molecule has 1 saturated heterocycles. The zero-order chi connectivity index (χ0) is 13.4. The Hall–Kier alpha value is -0.935. The smallest absolute Gasteiger partial charge is 0.398 e. The third-order valence-electron chi connectivity index (χ3n) is 3.70. The van der Waals surface area contributed by atoms with Gasteiger partial charge in [0.05, 0.1) is 22.5 Å². The van der Waals surface area contributed by atoms with Crippen molar-refractivity contribution in [2.75, 3.05) is 0 Å². The van der Waals surface area contributed by atoms with E-state index in [0.29, 0.717) is 0 Å². The van der Waals surface area contributed by atoms with Crippen molar-refractivity contribution in [3.8, 4) is 0 Å². The highest BCUT2D eigenvalue weighted by molar-refractivity contribution is 6.61. The quantitative estimate of drug-likeness (QED) is 0.764. The van der Waals surface area contributed by atoms with Crippen molar-refractivity contribution in [1.82, 2.24) is 9.97 Å². The fourth-order valence-corrected chi connectivity index (χ4v) is 1.88. The van der Waals surface area contributed by atoms with Gasteiger partial charge in [-0.3, -0.25) is 9.97 Å². The van der Waals surface area contributed by atoms with Crippen LogP contribution in [0.2, 0.25) is 0 Å². The highest BCUT2D eigenvalue weighted by Gasteiger charge is 2.52. The van der Waals surface area contributed by atoms with Crippen LogP contribution in [-0.2, 0) is 15.7 Å². The molecule has 0 saturated carbocycles. The van der Waals surface area contributed by atoms with Gasteiger partial charge in [-0.1, -0.05) is 13.3 Å². The first-order valence-electron chi connectivity index (χ1n) is 6.52. The van der Waals surface area contributed by atoms with E-state index >= 15 is 0 Å². The molecular formula is C13H21BN2O2. The molecular weight excluding hydrogens is 227 g/mol. The summed E-state index contributed by atoms with van der Waals surface area (Å²) in [5.74, 6) is 0. The highest BCUT2D eigenvalue weighted by atomic mass is 16.7. The van der Waals surface area contributed by atoms with Crippen LogP contribution in [0.25, 0.3) is 0 Å². The van der Waals surface area contributed by atoms with Gasteiger partial charge in [0.15, 0.2) is 0 Å². The molecule has 1 fully saturated rings. The van der Waals surface area contributed by atoms with Gasteiger partial charge in [0.25, 0.3) is 0 Å². The first-order chi connectivity index (χ1) is 8.36. The van der Waals surface area contributed by atoms with Gasteiger partial charge in [-0.2, -0.15) is 0 Å². The molecule has 0 bridgehead atoms. The minimum Gasteiger partial charge on any atom is -0.398 e. The summed E-state index contributed by atoms with van der Waals surface area (Å²) in [5.41, 5.74) is 1.09. The SMILES string of the molecule is CCCc1cncc(B2OC(C)(C)C(C)(C)O2)n1. The summed E-state index contributed by atoms with van der Waals surface area (Å²) in [4.78, 5) is 8.78. The number of rotatable bonds is 3. The molecule has 1 aromatic heterocycles. The number of aryl methyl sites for hydroxylation is 1. The Morgan fingerprint density at radius 2 is 1.72 bits per heavy atom. The lowest BCUT2D eigenvalue weighted by atomic mass is 9.85. The molecule has 0 aliphatic carbocycles. The minimum absolute atomic E-state index is 0.333. The first-order valence-corrected chi connectivity index (χ1v) is 6.52. The van der Waals surface area contributed by atoms with Crippen LogP contribution in [-0.4, -0.2) is 28.3 Å². The monoisotopic (exact) mass is 248 g/mol. The van der Waals surface area contributed by atoms with Crippen LogP contribution in [0.5, 0.6) is 0 Å². The summed E-state index contributed by atoms with van der Waals surface area (Å²) in [6.07, 6.45) is 5.52. The summed E-state index contributed by atoms with van der Waals surface area (Å²) in [7, 11) is -0.417. The summed E-state index contributed by atoms with van der Waals surface area (Å²) in [6, 6.07) is 0. The molecule has 0 N–H and O–H groups in total. The highest BCUT2D eigenvalue weighted by Crippen LogP contribution is 2.36. The summed E-state index contributed by atoms with van der Waals surface area (Å²) in [6.45, 7) is 10.3. The molecule has 0 radical (unpaired) electrons. The van der Waals surface area contributed by atoms with Crippen LogP contribution in [0.3, 0.4) is 0 Å². The Morgan fingerprint density at radius 3 is 2.28 bits per heavy atom. The maximum Gasteiger partial charge on any atom is 0.516 e. The largest absolute Gasteiger partial charge is 0.516 e. The molecule has 98 valence electrons. The van der Waals surface area contributed by atoms with Crippen molar-refractivity contribution in [3.63, 3.8) is 0 Å². The van der Waals surface area contributed by atoms with E-state index in [0.717, 1.165) is 24.1 Å². The second-order valence-electron chi connectivity index (χ2n) is 5.77. The number of hydrogen-bond donors (Lipinski definition) is 0. The van der Waals surface area contributed by atoms with Crippen molar-refractivity contribution < 1.29 is 9.31 Å². The average molecular weight is 248 g/mol. The molecule has 1 aliphatic heterocycles. The standard InChI is InChI=1S/C13H21BN2O2/c1-6-7-10-8-15-9-11(16-10)14-17-12(2,3)13(4,5)18-14/h8-9H,6-7H2,1-5H3. The third kappa shape index (κ3) is 2.42. The lowest BCUT2D eigenvalue weighted by Gasteiger charge is -2.32. The maximum atomic E-state index is 5.96. The van der Waals surface area contributed by atoms with Crippen molar-refractivity contribution >= 4 is 12.7 Å². The Balaban J connectivity index is 2.21. The van der Waals surface area contributed by atoms with Gasteiger partial charge >= 0.3 is 7.12 Å². The lowest BCUT2D eigenvalue weighted by Crippen LogP contribution is -2.41. The molecule has 5 heteroatoms. The Kier molecular flexibility index (Phi) is 3.47. The molecule has 0 amide bonds. The predicted molar refractivity (Wildman–Crippen MR) is 71.7 cm³/mol. The van der Waals surface area contributed by atoms with E-state index in [1.165, 1.54) is 0 Å². The van der Waals surface area contributed by atoms with E-state index in [2.05, 4.69) is 16.9 Å². The second kappa shape index (κ2) is 4.63. The van der Waals surface area contributed by atoms with E-state index in [1.807, 2.05) is 27.7 Å². The zero-order valence-electron chi connectivity index (χ0n) is 11.9. The van der Waals surface area contributed by atoms with Crippen LogP contribution in [0.4, 0.5) is 0 Å². The molecule has 0 aromatic carbocycles. The molecule has 4 nitrogen and oxygen atoms in total. The van der Waals surface area contributed by atoms with Gasteiger partial charge < -0.3 is 9.31 Å². The molecule has 0 spiro atoms. The number of nitrogens with zero attached hydrogens (tertiary/aromatic N) is 2. The summed E-state index contributed by atoms with van der Waals surface area (Å²) < 4.78 is 11.9. The summed E-state index contributed by atoms with van der Waals surface area (Å²) >= 11 is 0. The topological polar surface area (TPSA) is 44.2 Å². The predicted octanol–water partition coefficient (Wildman–Crippen LogP) is 1.73. The molecule has 2 heterocycles. The van der Waals surface area contributed by atoms with Gasteiger partial charge in [-0.15, -0.1) is 0 Å². The third-order valence-corrected chi connectivity index (χ3v) is 3.70. The van der Waals surface area contributed by atoms with E-state index in [1.54, 1.807) is 12.4 Å². The molecule has 2 rings (SSSR count). The van der Waals surface area contributed by atoms with Crippen LogP contribution < -0.4 is 5.59 Å². The fraction of sp³-hybridized carbons (Fsp3) is 0.692. The second-order valence-corrected chi connectivity index (χ2v) is 5.77. The van der Waals surface area contributed by atoms with E-state index < -0.39 is 7.12 Å². The van der Waals surface area contributed by atoms with Gasteiger partial charge in [-0.05, 0) is 34.1 Å².